The molecule has 0 unspecified atom stereocenters. The predicted octanol–water partition coefficient (Wildman–Crippen LogP) is 9.04. The Morgan fingerprint density at radius 1 is 0.477 bits per heavy atom. The number of methoxy groups -OCH3 is 3. The largest absolute Gasteiger partial charge is 0.864 e. The van der Waals surface area contributed by atoms with Gasteiger partial charge in [0.25, 0.3) is 0 Å². The number of rotatable bonds is 12. The highest BCUT2D eigenvalue weighted by Crippen LogP contribution is 2.34. The monoisotopic (exact) mass is 586 g/mol. The Labute approximate surface area is 258 Å². The van der Waals surface area contributed by atoms with Gasteiger partial charge >= 0.3 is 7.32 Å². The molecule has 0 saturated carbocycles. The number of ether oxygens (including phenoxy) is 3. The maximum absolute atomic E-state index is 6.60. The second kappa shape index (κ2) is 13.1. The van der Waals surface area contributed by atoms with Gasteiger partial charge < -0.3 is 28.2 Å². The molecular formula is C37H35BO6. The third kappa shape index (κ3) is 6.32. The van der Waals surface area contributed by atoms with Gasteiger partial charge in [-0.3, -0.25) is 0 Å². The Hall–Kier alpha value is -5.04. The van der Waals surface area contributed by atoms with E-state index in [1.807, 2.05) is 97.1 Å². The Kier molecular flexibility index (Phi) is 8.64. The fraction of sp³-hybridized carbons (Fsp3) is 0.189. The number of fused-ring (bicyclic) bond motifs is 3. The lowest BCUT2D eigenvalue weighted by Crippen LogP contribution is -2.37. The first-order valence-electron chi connectivity index (χ1n) is 14.8. The molecule has 6 aromatic rings. The van der Waals surface area contributed by atoms with Gasteiger partial charge in [-0.15, -0.1) is 0 Å². The van der Waals surface area contributed by atoms with E-state index in [0.29, 0.717) is 11.5 Å². The number of benzene rings is 6. The third-order valence-electron chi connectivity index (χ3n) is 7.80. The van der Waals surface area contributed by atoms with Gasteiger partial charge in [-0.2, -0.15) is 0 Å². The van der Waals surface area contributed by atoms with Crippen molar-refractivity contribution in [1.29, 1.82) is 0 Å². The summed E-state index contributed by atoms with van der Waals surface area (Å²) in [6.07, 6.45) is 2.94. The number of aryl methyl sites for hydroxylation is 1. The highest BCUT2D eigenvalue weighted by atomic mass is 16.7. The fourth-order valence-corrected chi connectivity index (χ4v) is 5.40. The molecule has 0 aliphatic carbocycles. The summed E-state index contributed by atoms with van der Waals surface area (Å²) in [4.78, 5) is 0. The molecule has 0 N–H and O–H groups in total. The third-order valence-corrected chi connectivity index (χ3v) is 7.80. The Morgan fingerprint density at radius 3 is 1.41 bits per heavy atom. The SMILES string of the molecule is CCCCc1c(OB(Oc2ccc3cc(OC)ccc3c2)Oc2ccc3cc(OC)ccc3c2)ccc2cc(OC)ccc12. The van der Waals surface area contributed by atoms with Crippen LogP contribution in [0.2, 0.25) is 0 Å². The highest BCUT2D eigenvalue weighted by Gasteiger charge is 2.32. The smallest absolute Gasteiger partial charge is 0.497 e. The van der Waals surface area contributed by atoms with Crippen LogP contribution in [0.15, 0.2) is 103 Å². The molecule has 0 aliphatic rings. The minimum atomic E-state index is -1.06. The predicted molar refractivity (Wildman–Crippen MR) is 178 cm³/mol. The van der Waals surface area contributed by atoms with Crippen molar-refractivity contribution in [3.05, 3.63) is 109 Å². The van der Waals surface area contributed by atoms with Crippen LogP contribution in [0.4, 0.5) is 0 Å². The maximum atomic E-state index is 6.60. The van der Waals surface area contributed by atoms with Crippen LogP contribution in [0.25, 0.3) is 32.3 Å². The molecule has 0 atom stereocenters. The van der Waals surface area contributed by atoms with Crippen LogP contribution in [0.1, 0.15) is 25.3 Å². The van der Waals surface area contributed by atoms with Crippen molar-refractivity contribution in [2.75, 3.05) is 21.3 Å². The Morgan fingerprint density at radius 2 is 0.909 bits per heavy atom. The zero-order valence-electron chi connectivity index (χ0n) is 25.5. The molecule has 0 bridgehead atoms. The van der Waals surface area contributed by atoms with E-state index in [-0.39, 0.29) is 0 Å². The van der Waals surface area contributed by atoms with E-state index >= 15 is 0 Å². The fourth-order valence-electron chi connectivity index (χ4n) is 5.40. The minimum absolute atomic E-state index is 0.624. The van der Waals surface area contributed by atoms with Crippen LogP contribution in [0, 0.1) is 0 Å². The zero-order chi connectivity index (χ0) is 30.5. The first kappa shape index (κ1) is 29.1. The van der Waals surface area contributed by atoms with Gasteiger partial charge in [0.1, 0.15) is 34.5 Å². The van der Waals surface area contributed by atoms with E-state index in [1.54, 1.807) is 21.3 Å². The summed E-state index contributed by atoms with van der Waals surface area (Å²) in [5, 5.41) is 6.35. The molecule has 6 aromatic carbocycles. The van der Waals surface area contributed by atoms with Crippen molar-refractivity contribution in [2.45, 2.75) is 26.2 Å². The van der Waals surface area contributed by atoms with Gasteiger partial charge in [-0.25, -0.2) is 0 Å². The topological polar surface area (TPSA) is 55.4 Å². The van der Waals surface area contributed by atoms with Gasteiger partial charge in [0.2, 0.25) is 0 Å². The average molecular weight is 586 g/mol. The minimum Gasteiger partial charge on any atom is -0.497 e. The summed E-state index contributed by atoms with van der Waals surface area (Å²) < 4.78 is 35.7. The van der Waals surface area contributed by atoms with E-state index in [4.69, 9.17) is 28.2 Å². The van der Waals surface area contributed by atoms with E-state index in [2.05, 4.69) is 13.0 Å². The van der Waals surface area contributed by atoms with Crippen molar-refractivity contribution in [2.24, 2.45) is 0 Å². The molecule has 44 heavy (non-hydrogen) atoms. The van der Waals surface area contributed by atoms with Gasteiger partial charge in [0.05, 0.1) is 21.3 Å². The van der Waals surface area contributed by atoms with Gasteiger partial charge in [0.15, 0.2) is 0 Å². The van der Waals surface area contributed by atoms with Crippen molar-refractivity contribution in [1.82, 2.24) is 0 Å². The van der Waals surface area contributed by atoms with Crippen molar-refractivity contribution >= 4 is 39.6 Å². The molecule has 0 saturated heterocycles. The average Bonchev–Trinajstić information content (AvgIpc) is 3.06. The van der Waals surface area contributed by atoms with Crippen LogP contribution in [0.3, 0.4) is 0 Å². The first-order chi connectivity index (χ1) is 21.6. The normalized spacial score (nSPS) is 11.0. The Bertz CT molecular complexity index is 1830. The highest BCUT2D eigenvalue weighted by molar-refractivity contribution is 6.39. The van der Waals surface area contributed by atoms with Crippen molar-refractivity contribution in [3.63, 3.8) is 0 Å². The van der Waals surface area contributed by atoms with Crippen LogP contribution in [-0.4, -0.2) is 28.7 Å². The van der Waals surface area contributed by atoms with Crippen LogP contribution in [-0.2, 0) is 6.42 Å². The molecular weight excluding hydrogens is 551 g/mol. The summed E-state index contributed by atoms with van der Waals surface area (Å²) in [5.41, 5.74) is 1.11. The molecule has 0 amide bonds. The number of hydrogen-bond donors (Lipinski definition) is 0. The molecule has 6 nitrogen and oxygen atoms in total. The summed E-state index contributed by atoms with van der Waals surface area (Å²) in [5.74, 6) is 4.39. The van der Waals surface area contributed by atoms with Crippen molar-refractivity contribution in [3.8, 4) is 34.5 Å². The summed E-state index contributed by atoms with van der Waals surface area (Å²) in [6.45, 7) is 2.19. The molecule has 7 heteroatoms. The zero-order valence-corrected chi connectivity index (χ0v) is 25.5. The second-order valence-electron chi connectivity index (χ2n) is 10.6. The standard InChI is InChI=1S/C37H35BO6/c1-5-6-7-36-35-18-17-32(41-4)24-29(35)12-19-37(36)44-38(42-33-15-10-25-20-30(39-2)13-8-27(25)22-33)43-34-16-11-26-21-31(40-3)14-9-28(26)23-34/h8-24H,5-7H2,1-4H3. The van der Waals surface area contributed by atoms with E-state index in [1.165, 1.54) is 0 Å². The summed E-state index contributed by atoms with van der Waals surface area (Å²) in [7, 11) is 3.96. The molecule has 0 fully saturated rings. The molecule has 6 rings (SSSR count). The molecule has 0 radical (unpaired) electrons. The maximum Gasteiger partial charge on any atom is 0.864 e. The van der Waals surface area contributed by atoms with Gasteiger partial charge in [-0.05, 0) is 112 Å². The lowest BCUT2D eigenvalue weighted by Gasteiger charge is -2.20. The lowest BCUT2D eigenvalue weighted by molar-refractivity contribution is 0.306. The van der Waals surface area contributed by atoms with Crippen LogP contribution >= 0.6 is 0 Å². The second-order valence-corrected chi connectivity index (χ2v) is 10.6. The Balaban J connectivity index is 1.37. The summed E-state index contributed by atoms with van der Waals surface area (Å²) >= 11 is 0. The molecule has 222 valence electrons. The van der Waals surface area contributed by atoms with Crippen LogP contribution < -0.4 is 28.2 Å². The van der Waals surface area contributed by atoms with Gasteiger partial charge in [-0.1, -0.05) is 49.7 Å². The quantitative estimate of drug-likeness (QED) is 0.133. The van der Waals surface area contributed by atoms with E-state index in [9.17, 15) is 0 Å². The summed E-state index contributed by atoms with van der Waals surface area (Å²) in [6, 6.07) is 33.9. The first-order valence-corrected chi connectivity index (χ1v) is 14.8. The van der Waals surface area contributed by atoms with Crippen LogP contribution in [0.5, 0.6) is 34.5 Å². The molecule has 0 aromatic heterocycles. The molecule has 0 spiro atoms. The lowest BCUT2D eigenvalue weighted by atomic mass is 9.98. The van der Waals surface area contributed by atoms with E-state index < -0.39 is 7.32 Å². The number of hydrogen-bond acceptors (Lipinski definition) is 6. The molecule has 0 heterocycles. The number of unbranched alkanes of at least 4 members (excludes halogenated alkanes) is 1. The molecule has 0 aliphatic heterocycles. The van der Waals surface area contributed by atoms with Gasteiger partial charge in [0, 0.05) is 5.56 Å². The van der Waals surface area contributed by atoms with Crippen molar-refractivity contribution < 1.29 is 28.2 Å². The van der Waals surface area contributed by atoms with E-state index in [0.717, 1.165) is 80.1 Å².